The smallest absolute Gasteiger partial charge is 0.0591 e. The Hall–Kier alpha value is -0.340. The molecule has 1 aromatic heterocycles. The molecule has 0 aliphatic heterocycles. The van der Waals surface area contributed by atoms with Crippen molar-refractivity contribution in [2.45, 2.75) is 45.6 Å². The Bertz CT molecular complexity index is 230. The molecule has 2 unspecified atom stereocenters. The largest absolute Gasteiger partial charge is 0.393 e. The van der Waals surface area contributed by atoms with E-state index in [2.05, 4.69) is 25.3 Å². The number of hydrogen-bond donors (Lipinski definition) is 1. The maximum Gasteiger partial charge on any atom is 0.0591 e. The van der Waals surface area contributed by atoms with Crippen molar-refractivity contribution < 1.29 is 5.11 Å². The molecule has 0 amide bonds. The Kier molecular flexibility index (Phi) is 5.20. The molecular formula is C12H20OS. The minimum absolute atomic E-state index is 0.157. The van der Waals surface area contributed by atoms with E-state index >= 15 is 0 Å². The van der Waals surface area contributed by atoms with Crippen LogP contribution in [0.3, 0.4) is 0 Å². The molecule has 0 saturated heterocycles. The lowest BCUT2D eigenvalue weighted by Gasteiger charge is -2.14. The summed E-state index contributed by atoms with van der Waals surface area (Å²) >= 11 is 1.73. The highest BCUT2D eigenvalue weighted by Crippen LogP contribution is 2.17. The summed E-state index contributed by atoms with van der Waals surface area (Å²) in [6, 6.07) is 4.14. The predicted octanol–water partition coefficient (Wildman–Crippen LogP) is 3.48. The van der Waals surface area contributed by atoms with E-state index in [0.29, 0.717) is 5.92 Å². The van der Waals surface area contributed by atoms with Gasteiger partial charge in [0.2, 0.25) is 0 Å². The molecular weight excluding hydrogens is 192 g/mol. The summed E-state index contributed by atoms with van der Waals surface area (Å²) in [5, 5.41) is 11.9. The molecule has 0 bridgehead atoms. The zero-order valence-electron chi connectivity index (χ0n) is 9.07. The lowest BCUT2D eigenvalue weighted by molar-refractivity contribution is 0.144. The van der Waals surface area contributed by atoms with E-state index in [4.69, 9.17) is 0 Å². The summed E-state index contributed by atoms with van der Waals surface area (Å²) in [4.78, 5) is 1.29. The van der Waals surface area contributed by atoms with Gasteiger partial charge >= 0.3 is 0 Å². The van der Waals surface area contributed by atoms with Crippen molar-refractivity contribution in [2.24, 2.45) is 5.92 Å². The van der Waals surface area contributed by atoms with Gasteiger partial charge in [-0.1, -0.05) is 32.8 Å². The van der Waals surface area contributed by atoms with Gasteiger partial charge in [0.15, 0.2) is 0 Å². The van der Waals surface area contributed by atoms with Crippen LogP contribution in [0.15, 0.2) is 17.5 Å². The lowest BCUT2D eigenvalue weighted by Crippen LogP contribution is -2.14. The first-order valence-corrected chi connectivity index (χ1v) is 6.30. The molecule has 1 heterocycles. The minimum Gasteiger partial charge on any atom is -0.393 e. The summed E-state index contributed by atoms with van der Waals surface area (Å²) in [5.41, 5.74) is 0. The second-order valence-electron chi connectivity index (χ2n) is 4.07. The molecule has 1 nitrogen and oxygen atoms in total. The first-order chi connectivity index (χ1) is 6.72. The number of thiophene rings is 1. The molecule has 0 radical (unpaired) electrons. The van der Waals surface area contributed by atoms with Crippen molar-refractivity contribution in [2.75, 3.05) is 0 Å². The van der Waals surface area contributed by atoms with Gasteiger partial charge in [-0.25, -0.2) is 0 Å². The van der Waals surface area contributed by atoms with Gasteiger partial charge in [-0.2, -0.15) is 0 Å². The molecule has 0 aromatic carbocycles. The number of hydrogen-bond acceptors (Lipinski definition) is 2. The molecule has 1 aromatic rings. The van der Waals surface area contributed by atoms with E-state index in [-0.39, 0.29) is 6.10 Å². The van der Waals surface area contributed by atoms with Gasteiger partial charge in [-0.05, 0) is 23.8 Å². The van der Waals surface area contributed by atoms with Gasteiger partial charge in [0.05, 0.1) is 6.10 Å². The standard InChI is InChI=1S/C12H20OS/c1-3-5-10(2)8-11(13)9-12-6-4-7-14-12/h4,6-7,10-11,13H,3,5,8-9H2,1-2H3. The average molecular weight is 212 g/mol. The van der Waals surface area contributed by atoms with Crippen molar-refractivity contribution in [3.8, 4) is 0 Å². The van der Waals surface area contributed by atoms with Crippen LogP contribution in [0, 0.1) is 5.92 Å². The topological polar surface area (TPSA) is 20.2 Å². The van der Waals surface area contributed by atoms with Crippen LogP contribution < -0.4 is 0 Å². The summed E-state index contributed by atoms with van der Waals surface area (Å²) in [7, 11) is 0. The molecule has 1 N–H and O–H groups in total. The second kappa shape index (κ2) is 6.20. The van der Waals surface area contributed by atoms with Gasteiger partial charge in [-0.3, -0.25) is 0 Å². The van der Waals surface area contributed by atoms with Crippen LogP contribution >= 0.6 is 11.3 Å². The third kappa shape index (κ3) is 4.25. The van der Waals surface area contributed by atoms with Crippen LogP contribution in [-0.2, 0) is 6.42 Å². The summed E-state index contributed by atoms with van der Waals surface area (Å²) in [6.45, 7) is 4.42. The third-order valence-electron chi connectivity index (χ3n) is 2.47. The van der Waals surface area contributed by atoms with Gasteiger partial charge in [0, 0.05) is 11.3 Å². The van der Waals surface area contributed by atoms with Crippen molar-refractivity contribution in [3.05, 3.63) is 22.4 Å². The quantitative estimate of drug-likeness (QED) is 0.765. The number of aliphatic hydroxyl groups is 1. The highest BCUT2D eigenvalue weighted by molar-refractivity contribution is 7.09. The molecule has 2 heteroatoms. The molecule has 1 rings (SSSR count). The predicted molar refractivity (Wildman–Crippen MR) is 62.7 cm³/mol. The third-order valence-corrected chi connectivity index (χ3v) is 3.37. The van der Waals surface area contributed by atoms with Crippen LogP contribution in [0.2, 0.25) is 0 Å². The van der Waals surface area contributed by atoms with E-state index in [1.807, 2.05) is 6.07 Å². The molecule has 0 aliphatic rings. The van der Waals surface area contributed by atoms with Crippen LogP contribution in [0.4, 0.5) is 0 Å². The van der Waals surface area contributed by atoms with Crippen LogP contribution in [-0.4, -0.2) is 11.2 Å². The Balaban J connectivity index is 2.25. The maximum atomic E-state index is 9.82. The molecule has 0 fully saturated rings. The van der Waals surface area contributed by atoms with E-state index < -0.39 is 0 Å². The zero-order valence-corrected chi connectivity index (χ0v) is 9.89. The second-order valence-corrected chi connectivity index (χ2v) is 5.10. The Labute approximate surface area is 90.8 Å². The fourth-order valence-electron chi connectivity index (χ4n) is 1.82. The van der Waals surface area contributed by atoms with Crippen molar-refractivity contribution in [3.63, 3.8) is 0 Å². The Morgan fingerprint density at radius 1 is 1.50 bits per heavy atom. The number of aliphatic hydroxyl groups excluding tert-OH is 1. The first kappa shape index (κ1) is 11.7. The first-order valence-electron chi connectivity index (χ1n) is 5.42. The monoisotopic (exact) mass is 212 g/mol. The lowest BCUT2D eigenvalue weighted by atomic mass is 9.97. The van der Waals surface area contributed by atoms with Gasteiger partial charge in [0.1, 0.15) is 0 Å². The molecule has 80 valence electrons. The van der Waals surface area contributed by atoms with E-state index in [0.717, 1.165) is 12.8 Å². The van der Waals surface area contributed by atoms with Gasteiger partial charge in [0.25, 0.3) is 0 Å². The molecule has 0 saturated carbocycles. The SMILES string of the molecule is CCCC(C)CC(O)Cc1cccs1. The highest BCUT2D eigenvalue weighted by Gasteiger charge is 2.10. The zero-order chi connectivity index (χ0) is 10.4. The van der Waals surface area contributed by atoms with Crippen LogP contribution in [0.1, 0.15) is 38.0 Å². The molecule has 0 spiro atoms. The Morgan fingerprint density at radius 3 is 2.86 bits per heavy atom. The molecule has 2 atom stereocenters. The normalized spacial score (nSPS) is 15.4. The van der Waals surface area contributed by atoms with Crippen molar-refractivity contribution in [1.82, 2.24) is 0 Å². The molecule has 0 aliphatic carbocycles. The minimum atomic E-state index is -0.157. The van der Waals surface area contributed by atoms with Crippen molar-refractivity contribution >= 4 is 11.3 Å². The fraction of sp³-hybridized carbons (Fsp3) is 0.667. The van der Waals surface area contributed by atoms with E-state index in [1.54, 1.807) is 11.3 Å². The van der Waals surface area contributed by atoms with Crippen molar-refractivity contribution in [1.29, 1.82) is 0 Å². The average Bonchev–Trinajstić information content (AvgIpc) is 2.56. The highest BCUT2D eigenvalue weighted by atomic mass is 32.1. The van der Waals surface area contributed by atoms with E-state index in [1.165, 1.54) is 17.7 Å². The van der Waals surface area contributed by atoms with Gasteiger partial charge < -0.3 is 5.11 Å². The molecule has 14 heavy (non-hydrogen) atoms. The van der Waals surface area contributed by atoms with Crippen LogP contribution in [0.5, 0.6) is 0 Å². The summed E-state index contributed by atoms with van der Waals surface area (Å²) in [5.74, 6) is 0.648. The van der Waals surface area contributed by atoms with Crippen LogP contribution in [0.25, 0.3) is 0 Å². The fourth-order valence-corrected chi connectivity index (χ4v) is 2.60. The summed E-state index contributed by atoms with van der Waals surface area (Å²) < 4.78 is 0. The van der Waals surface area contributed by atoms with Gasteiger partial charge in [-0.15, -0.1) is 11.3 Å². The van der Waals surface area contributed by atoms with E-state index in [9.17, 15) is 5.11 Å². The Morgan fingerprint density at radius 2 is 2.29 bits per heavy atom. The maximum absolute atomic E-state index is 9.82. The summed E-state index contributed by atoms with van der Waals surface area (Å²) in [6.07, 6.45) is 4.04. The number of rotatable bonds is 6.